The van der Waals surface area contributed by atoms with Crippen LogP contribution in [0.25, 0.3) is 10.9 Å². The Morgan fingerprint density at radius 3 is 2.71 bits per heavy atom. The van der Waals surface area contributed by atoms with Crippen molar-refractivity contribution in [1.29, 1.82) is 5.26 Å². The molecule has 0 saturated heterocycles. The van der Waals surface area contributed by atoms with Crippen molar-refractivity contribution in [3.63, 3.8) is 0 Å². The summed E-state index contributed by atoms with van der Waals surface area (Å²) in [6.45, 7) is 1.97. The van der Waals surface area contributed by atoms with Gasteiger partial charge in [0.25, 0.3) is 11.8 Å². The zero-order chi connectivity index (χ0) is 28.5. The van der Waals surface area contributed by atoms with Crippen molar-refractivity contribution in [2.24, 2.45) is 5.92 Å². The molecule has 2 aromatic carbocycles. The molecule has 6 rings (SSSR count). The van der Waals surface area contributed by atoms with Crippen LogP contribution in [0.3, 0.4) is 0 Å². The van der Waals surface area contributed by atoms with E-state index < -0.39 is 11.9 Å². The number of carbonyl (C=O) groups is 2. The van der Waals surface area contributed by atoms with Crippen LogP contribution in [0.15, 0.2) is 96.2 Å². The average molecular weight is 545 g/mol. The summed E-state index contributed by atoms with van der Waals surface area (Å²) in [6.07, 6.45) is 5.86. The highest BCUT2D eigenvalue weighted by Gasteiger charge is 2.39. The third-order valence-corrected chi connectivity index (χ3v) is 7.26. The molecule has 2 amide bonds. The van der Waals surface area contributed by atoms with Crippen LogP contribution >= 0.6 is 0 Å². The number of allylic oxidation sites excluding steroid dienone is 1. The number of nitrogens with one attached hydrogen (secondary N) is 2. The summed E-state index contributed by atoms with van der Waals surface area (Å²) in [5.41, 5.74) is 3.16. The molecule has 3 heterocycles. The Balaban J connectivity index is 1.31. The molecule has 0 radical (unpaired) electrons. The Morgan fingerprint density at radius 2 is 1.90 bits per heavy atom. The van der Waals surface area contributed by atoms with Gasteiger partial charge in [0.1, 0.15) is 6.07 Å². The number of hydrogen-bond donors (Lipinski definition) is 2. The fourth-order valence-electron chi connectivity index (χ4n) is 5.16. The summed E-state index contributed by atoms with van der Waals surface area (Å²) < 4.78 is 15.3. The molecule has 1 aliphatic heterocycles. The van der Waals surface area contributed by atoms with E-state index in [0.717, 1.165) is 22.5 Å². The van der Waals surface area contributed by atoms with Crippen LogP contribution in [0.4, 0.5) is 21.7 Å². The smallest absolute Gasteiger partial charge is 0.261 e. The number of rotatable bonds is 7. The molecular weight excluding hydrogens is 519 g/mol. The van der Waals surface area contributed by atoms with Crippen molar-refractivity contribution in [2.45, 2.75) is 19.4 Å². The van der Waals surface area contributed by atoms with Gasteiger partial charge in [-0.25, -0.2) is 9.37 Å². The number of nitriles is 1. The van der Waals surface area contributed by atoms with Gasteiger partial charge in [-0.05, 0) is 48.2 Å². The number of anilines is 3. The highest BCUT2D eigenvalue weighted by Crippen LogP contribution is 2.34. The predicted octanol–water partition coefficient (Wildman–Crippen LogP) is 5.80. The fraction of sp³-hybridized carbons (Fsp3) is 0.156. The lowest BCUT2D eigenvalue weighted by Gasteiger charge is -2.25. The van der Waals surface area contributed by atoms with Gasteiger partial charge in [-0.15, -0.1) is 0 Å². The van der Waals surface area contributed by atoms with Crippen molar-refractivity contribution in [1.82, 2.24) is 14.9 Å². The highest BCUT2D eigenvalue weighted by molar-refractivity contribution is 6.21. The molecule has 4 aromatic rings. The zero-order valence-corrected chi connectivity index (χ0v) is 22.1. The van der Waals surface area contributed by atoms with E-state index >= 15 is 4.39 Å². The second-order valence-electron chi connectivity index (χ2n) is 10.1. The predicted molar refractivity (Wildman–Crippen MR) is 153 cm³/mol. The van der Waals surface area contributed by atoms with Gasteiger partial charge in [0, 0.05) is 28.4 Å². The molecule has 1 aliphatic carbocycles. The average Bonchev–Trinajstić information content (AvgIpc) is 3.22. The maximum absolute atomic E-state index is 15.3. The number of halogens is 1. The number of nitrogens with zero attached hydrogens (tertiary/aromatic N) is 4. The molecule has 1 unspecified atom stereocenters. The number of fused-ring (bicyclic) bond motifs is 1. The number of hydrogen-bond acceptors (Lipinski definition) is 7. The second-order valence-corrected chi connectivity index (χ2v) is 10.1. The lowest BCUT2D eigenvalue weighted by atomic mass is 9.92. The van der Waals surface area contributed by atoms with Crippen LogP contribution in [0.5, 0.6) is 0 Å². The Bertz CT molecular complexity index is 1790. The number of imide groups is 1. The van der Waals surface area contributed by atoms with Crippen LogP contribution in [-0.2, 0) is 9.59 Å². The standard InChI is InChI=1S/C32H25FN6O2/c1-19-9-11-24-25(14-19)32(41)39(31(24)40)18-28(20-6-3-2-4-7-20)37-30-26(33)16-22(17-34)29(38-30)36-23-10-12-27-21(15-23)8-5-13-35-27/h2-13,15-16,19,28H,14,18H2,1H3,(H2,36,37,38)/t19?,28-/m0/s1. The Morgan fingerprint density at radius 1 is 1.07 bits per heavy atom. The van der Waals surface area contributed by atoms with Gasteiger partial charge in [0.05, 0.1) is 23.7 Å². The zero-order valence-electron chi connectivity index (χ0n) is 22.1. The molecule has 2 N–H and O–H groups in total. The monoisotopic (exact) mass is 544 g/mol. The Labute approximate surface area is 235 Å². The first-order chi connectivity index (χ1) is 19.9. The summed E-state index contributed by atoms with van der Waals surface area (Å²) in [5.74, 6) is -1.22. The van der Waals surface area contributed by atoms with E-state index in [1.807, 2.05) is 73.7 Å². The molecule has 9 heteroatoms. The van der Waals surface area contributed by atoms with E-state index in [9.17, 15) is 14.9 Å². The molecule has 0 fully saturated rings. The summed E-state index contributed by atoms with van der Waals surface area (Å²) >= 11 is 0. The molecule has 0 saturated carbocycles. The topological polar surface area (TPSA) is 111 Å². The third kappa shape index (κ3) is 5.03. The van der Waals surface area contributed by atoms with E-state index in [-0.39, 0.29) is 41.5 Å². The van der Waals surface area contributed by atoms with Crippen molar-refractivity contribution < 1.29 is 14.0 Å². The normalized spacial score (nSPS) is 17.0. The van der Waals surface area contributed by atoms with Crippen LogP contribution in [0.2, 0.25) is 0 Å². The summed E-state index contributed by atoms with van der Waals surface area (Å²) in [7, 11) is 0. The minimum Gasteiger partial charge on any atom is -0.359 e. The van der Waals surface area contributed by atoms with E-state index in [1.165, 1.54) is 4.90 Å². The number of benzene rings is 2. The molecule has 2 aromatic heterocycles. The minimum atomic E-state index is -0.732. The Hall–Kier alpha value is -5.36. The molecule has 2 aliphatic rings. The lowest BCUT2D eigenvalue weighted by Crippen LogP contribution is -2.37. The maximum atomic E-state index is 15.3. The summed E-state index contributed by atoms with van der Waals surface area (Å²) in [6, 6.07) is 20.9. The van der Waals surface area contributed by atoms with Crippen LogP contribution in [-0.4, -0.2) is 33.2 Å². The van der Waals surface area contributed by atoms with Gasteiger partial charge in [-0.3, -0.25) is 19.5 Å². The SMILES string of the molecule is CC1C=CC2=C(C1)C(=O)N(C[C@H](Nc1nc(Nc3ccc4ncccc4c3)c(C#N)cc1F)c1ccccc1)C2=O. The summed E-state index contributed by atoms with van der Waals surface area (Å²) in [4.78, 5) is 36.4. The highest BCUT2D eigenvalue weighted by atomic mass is 19.1. The van der Waals surface area contributed by atoms with Crippen LogP contribution in [0, 0.1) is 23.1 Å². The summed E-state index contributed by atoms with van der Waals surface area (Å²) in [5, 5.41) is 16.8. The second kappa shape index (κ2) is 10.7. The van der Waals surface area contributed by atoms with Gasteiger partial charge >= 0.3 is 0 Å². The van der Waals surface area contributed by atoms with Crippen molar-refractivity contribution in [3.8, 4) is 6.07 Å². The lowest BCUT2D eigenvalue weighted by molar-refractivity contribution is -0.137. The molecule has 202 valence electrons. The fourth-order valence-corrected chi connectivity index (χ4v) is 5.16. The van der Waals surface area contributed by atoms with E-state index in [4.69, 9.17) is 0 Å². The van der Waals surface area contributed by atoms with E-state index in [1.54, 1.807) is 18.3 Å². The first-order valence-corrected chi connectivity index (χ1v) is 13.2. The number of aromatic nitrogens is 2. The van der Waals surface area contributed by atoms with Crippen LogP contribution in [0.1, 0.15) is 30.5 Å². The quantitative estimate of drug-likeness (QED) is 0.283. The van der Waals surface area contributed by atoms with E-state index in [2.05, 4.69) is 20.6 Å². The number of amides is 2. The number of pyridine rings is 2. The van der Waals surface area contributed by atoms with Crippen molar-refractivity contribution in [3.05, 3.63) is 113 Å². The molecule has 8 nitrogen and oxygen atoms in total. The molecule has 2 atom stereocenters. The molecule has 41 heavy (non-hydrogen) atoms. The minimum absolute atomic E-state index is 0.0262. The maximum Gasteiger partial charge on any atom is 0.261 e. The van der Waals surface area contributed by atoms with Gasteiger partial charge in [0.2, 0.25) is 0 Å². The third-order valence-electron chi connectivity index (χ3n) is 7.26. The largest absolute Gasteiger partial charge is 0.359 e. The molecule has 0 spiro atoms. The van der Waals surface area contributed by atoms with E-state index in [0.29, 0.717) is 23.3 Å². The van der Waals surface area contributed by atoms with Gasteiger partial charge in [-0.2, -0.15) is 5.26 Å². The first kappa shape index (κ1) is 25.9. The van der Waals surface area contributed by atoms with Gasteiger partial charge in [0.15, 0.2) is 17.5 Å². The number of carbonyl (C=O) groups excluding carboxylic acids is 2. The van der Waals surface area contributed by atoms with Gasteiger partial charge < -0.3 is 10.6 Å². The van der Waals surface area contributed by atoms with Crippen molar-refractivity contribution in [2.75, 3.05) is 17.2 Å². The first-order valence-electron chi connectivity index (χ1n) is 13.2. The van der Waals surface area contributed by atoms with Crippen molar-refractivity contribution >= 4 is 40.0 Å². The molecular formula is C32H25FN6O2. The molecule has 0 bridgehead atoms. The van der Waals surface area contributed by atoms with Crippen LogP contribution < -0.4 is 10.6 Å². The van der Waals surface area contributed by atoms with Gasteiger partial charge in [-0.1, -0.05) is 55.5 Å². The Kier molecular flexibility index (Phi) is 6.73.